The molecule has 2 aromatic rings. The number of hydrogen-bond acceptors (Lipinski definition) is 6. The average molecular weight is 445 g/mol. The summed E-state index contributed by atoms with van der Waals surface area (Å²) in [7, 11) is 1.56. The number of aliphatic hydroxyl groups is 2. The summed E-state index contributed by atoms with van der Waals surface area (Å²) in [4.78, 5) is 27.3. The number of amides is 1. The van der Waals surface area contributed by atoms with Crippen molar-refractivity contribution in [3.05, 3.63) is 70.3 Å². The minimum atomic E-state index is -0.725. The first-order valence-electron chi connectivity index (χ1n) is 9.97. The topological polar surface area (TPSA) is 99.1 Å². The van der Waals surface area contributed by atoms with Crippen molar-refractivity contribution < 1.29 is 24.5 Å². The van der Waals surface area contributed by atoms with Crippen LogP contribution in [0.4, 0.5) is 0 Å². The normalized spacial score (nSPS) is 17.9. The van der Waals surface area contributed by atoms with Crippen LogP contribution in [-0.2, 0) is 9.59 Å². The lowest BCUT2D eigenvalue weighted by Gasteiger charge is -2.25. The van der Waals surface area contributed by atoms with E-state index in [2.05, 4.69) is 5.32 Å². The fourth-order valence-corrected chi connectivity index (χ4v) is 3.71. The van der Waals surface area contributed by atoms with E-state index in [0.29, 0.717) is 48.0 Å². The molecule has 1 amide bonds. The molecule has 0 bridgehead atoms. The first-order chi connectivity index (χ1) is 15.0. The van der Waals surface area contributed by atoms with Crippen LogP contribution < -0.4 is 10.1 Å². The second kappa shape index (κ2) is 10.4. The summed E-state index contributed by atoms with van der Waals surface area (Å²) >= 11 is 5.94. The van der Waals surface area contributed by atoms with Crippen LogP contribution in [0.15, 0.2) is 54.1 Å². The molecular weight excluding hydrogens is 420 g/mol. The fraction of sp³-hybridized carbons (Fsp3) is 0.304. The van der Waals surface area contributed by atoms with Crippen LogP contribution >= 0.6 is 11.6 Å². The molecule has 31 heavy (non-hydrogen) atoms. The van der Waals surface area contributed by atoms with Crippen molar-refractivity contribution in [3.8, 4) is 5.75 Å². The zero-order valence-corrected chi connectivity index (χ0v) is 17.9. The van der Waals surface area contributed by atoms with E-state index in [9.17, 15) is 14.7 Å². The Morgan fingerprint density at radius 1 is 1.10 bits per heavy atom. The Morgan fingerprint density at radius 2 is 1.77 bits per heavy atom. The fourth-order valence-electron chi connectivity index (χ4n) is 3.59. The van der Waals surface area contributed by atoms with E-state index in [1.807, 2.05) is 0 Å². The third-order valence-corrected chi connectivity index (χ3v) is 5.38. The van der Waals surface area contributed by atoms with Gasteiger partial charge in [-0.15, -0.1) is 0 Å². The Hall–Kier alpha value is -2.87. The van der Waals surface area contributed by atoms with Gasteiger partial charge < -0.3 is 25.2 Å². The highest BCUT2D eigenvalue weighted by molar-refractivity contribution is 6.46. The molecule has 3 rings (SSSR count). The number of benzene rings is 2. The number of nitrogens with one attached hydrogen (secondary N) is 1. The Balaban J connectivity index is 2.00. The number of halogens is 1. The lowest BCUT2D eigenvalue weighted by atomic mass is 9.95. The number of nitrogens with zero attached hydrogens (tertiary/aromatic N) is 1. The van der Waals surface area contributed by atoms with Gasteiger partial charge in [0.2, 0.25) is 0 Å². The molecule has 3 N–H and O–H groups in total. The van der Waals surface area contributed by atoms with Gasteiger partial charge in [-0.25, -0.2) is 0 Å². The number of ether oxygens (including phenoxy) is 1. The molecule has 0 aromatic heterocycles. The van der Waals surface area contributed by atoms with Crippen LogP contribution in [0.1, 0.15) is 23.6 Å². The molecule has 2 aromatic carbocycles. The summed E-state index contributed by atoms with van der Waals surface area (Å²) < 4.78 is 5.21. The second-order valence-corrected chi connectivity index (χ2v) is 7.54. The van der Waals surface area contributed by atoms with Gasteiger partial charge in [-0.1, -0.05) is 23.7 Å². The van der Waals surface area contributed by atoms with Crippen LogP contribution in [0.25, 0.3) is 5.76 Å². The second-order valence-electron chi connectivity index (χ2n) is 7.10. The molecular formula is C23H25ClN2O5. The van der Waals surface area contributed by atoms with Gasteiger partial charge in [0, 0.05) is 23.7 Å². The Morgan fingerprint density at radius 3 is 2.39 bits per heavy atom. The standard InChI is InChI=1S/C23H25ClN2O5/c1-31-18-9-5-15(6-10-18)20-19(21(28)16-3-7-17(24)8-4-16)22(29)23(30)26(20)13-2-11-25-12-14-27/h3-10,20,25,27-28H,2,11-14H2,1H3/t20-/m1/s1. The van der Waals surface area contributed by atoms with Gasteiger partial charge in [0.25, 0.3) is 11.7 Å². The highest BCUT2D eigenvalue weighted by Gasteiger charge is 2.45. The van der Waals surface area contributed by atoms with Crippen LogP contribution in [0.2, 0.25) is 5.02 Å². The molecule has 164 valence electrons. The smallest absolute Gasteiger partial charge is 0.295 e. The first kappa shape index (κ1) is 22.8. The lowest BCUT2D eigenvalue weighted by Crippen LogP contribution is -2.32. The van der Waals surface area contributed by atoms with Gasteiger partial charge in [-0.05, 0) is 54.9 Å². The van der Waals surface area contributed by atoms with E-state index < -0.39 is 17.7 Å². The molecule has 1 atom stereocenters. The van der Waals surface area contributed by atoms with E-state index in [0.717, 1.165) is 0 Å². The summed E-state index contributed by atoms with van der Waals surface area (Å²) in [6, 6.07) is 12.8. The largest absolute Gasteiger partial charge is 0.507 e. The summed E-state index contributed by atoms with van der Waals surface area (Å²) in [5, 5.41) is 23.4. The predicted octanol–water partition coefficient (Wildman–Crippen LogP) is 2.74. The zero-order chi connectivity index (χ0) is 22.4. The van der Waals surface area contributed by atoms with Crippen molar-refractivity contribution in [1.29, 1.82) is 0 Å². The number of carbonyl (C=O) groups is 2. The highest BCUT2D eigenvalue weighted by Crippen LogP contribution is 2.39. The van der Waals surface area contributed by atoms with Crippen LogP contribution in [-0.4, -0.2) is 60.2 Å². The summed E-state index contributed by atoms with van der Waals surface area (Å²) in [6.07, 6.45) is 0.584. The number of Topliss-reactive ketones (excluding diaryl/α,β-unsaturated/α-hetero) is 1. The SMILES string of the molecule is COc1ccc([C@@H]2C(=C(O)c3ccc(Cl)cc3)C(=O)C(=O)N2CCCNCCO)cc1. The molecule has 0 spiro atoms. The Labute approximate surface area is 185 Å². The van der Waals surface area contributed by atoms with Crippen molar-refractivity contribution in [2.75, 3.05) is 33.4 Å². The maximum absolute atomic E-state index is 12.9. The molecule has 0 unspecified atom stereocenters. The van der Waals surface area contributed by atoms with Crippen LogP contribution in [0.3, 0.4) is 0 Å². The van der Waals surface area contributed by atoms with Crippen molar-refractivity contribution in [3.63, 3.8) is 0 Å². The van der Waals surface area contributed by atoms with Gasteiger partial charge in [0.15, 0.2) is 0 Å². The van der Waals surface area contributed by atoms with Gasteiger partial charge >= 0.3 is 0 Å². The zero-order valence-electron chi connectivity index (χ0n) is 17.2. The Bertz CT molecular complexity index is 957. The van der Waals surface area contributed by atoms with Crippen LogP contribution in [0.5, 0.6) is 5.75 Å². The van der Waals surface area contributed by atoms with E-state index in [-0.39, 0.29) is 17.9 Å². The first-order valence-corrected chi connectivity index (χ1v) is 10.4. The van der Waals surface area contributed by atoms with Crippen molar-refractivity contribution in [1.82, 2.24) is 10.2 Å². The predicted molar refractivity (Wildman–Crippen MR) is 118 cm³/mol. The summed E-state index contributed by atoms with van der Waals surface area (Å²) in [5.74, 6) is -0.974. The third kappa shape index (κ3) is 5.07. The molecule has 0 radical (unpaired) electrons. The van der Waals surface area contributed by atoms with Crippen molar-refractivity contribution in [2.24, 2.45) is 0 Å². The summed E-state index contributed by atoms with van der Waals surface area (Å²) in [5.41, 5.74) is 1.14. The van der Waals surface area contributed by atoms with Gasteiger partial charge in [0.1, 0.15) is 11.5 Å². The third-order valence-electron chi connectivity index (χ3n) is 5.13. The number of hydrogen-bond donors (Lipinski definition) is 3. The number of carbonyl (C=O) groups excluding carboxylic acids is 2. The quantitative estimate of drug-likeness (QED) is 0.238. The molecule has 1 fully saturated rings. The van der Waals surface area contributed by atoms with E-state index in [1.54, 1.807) is 55.6 Å². The maximum Gasteiger partial charge on any atom is 0.295 e. The molecule has 1 aliphatic heterocycles. The highest BCUT2D eigenvalue weighted by atomic mass is 35.5. The number of likely N-dealkylation sites (tertiary alicyclic amines) is 1. The van der Waals surface area contributed by atoms with E-state index in [4.69, 9.17) is 21.4 Å². The minimum Gasteiger partial charge on any atom is -0.507 e. The number of aliphatic hydroxyl groups excluding tert-OH is 2. The molecule has 1 aliphatic rings. The van der Waals surface area contributed by atoms with Crippen LogP contribution in [0, 0.1) is 0 Å². The van der Waals surface area contributed by atoms with Gasteiger partial charge in [-0.3, -0.25) is 9.59 Å². The minimum absolute atomic E-state index is 0.0253. The number of methoxy groups -OCH3 is 1. The molecule has 0 saturated carbocycles. The van der Waals surface area contributed by atoms with Crippen molar-refractivity contribution in [2.45, 2.75) is 12.5 Å². The monoisotopic (exact) mass is 444 g/mol. The van der Waals surface area contributed by atoms with E-state index in [1.165, 1.54) is 4.90 Å². The average Bonchev–Trinajstić information content (AvgIpc) is 3.04. The molecule has 7 nitrogen and oxygen atoms in total. The molecule has 8 heteroatoms. The molecule has 0 aliphatic carbocycles. The van der Waals surface area contributed by atoms with E-state index >= 15 is 0 Å². The van der Waals surface area contributed by atoms with Gasteiger partial charge in [0.05, 0.1) is 25.3 Å². The van der Waals surface area contributed by atoms with Crippen molar-refractivity contribution >= 4 is 29.1 Å². The maximum atomic E-state index is 12.9. The molecule has 1 saturated heterocycles. The summed E-state index contributed by atoms with van der Waals surface area (Å²) in [6.45, 7) is 1.38. The lowest BCUT2D eigenvalue weighted by molar-refractivity contribution is -0.139. The van der Waals surface area contributed by atoms with Gasteiger partial charge in [-0.2, -0.15) is 0 Å². The number of ketones is 1. The Kier molecular flexibility index (Phi) is 7.68. The number of rotatable bonds is 9. The molecule has 1 heterocycles.